The highest BCUT2D eigenvalue weighted by molar-refractivity contribution is 5.89. The Morgan fingerprint density at radius 3 is 2.19 bits per heavy atom. The summed E-state index contributed by atoms with van der Waals surface area (Å²) in [6, 6.07) is 9.66. The molecule has 2 aromatic carbocycles. The van der Waals surface area contributed by atoms with Crippen LogP contribution in [-0.4, -0.2) is 38.9 Å². The molecule has 0 bridgehead atoms. The van der Waals surface area contributed by atoms with Gasteiger partial charge in [0.2, 0.25) is 5.91 Å². The fourth-order valence-electron chi connectivity index (χ4n) is 3.12. The lowest BCUT2D eigenvalue weighted by Crippen LogP contribution is -2.49. The van der Waals surface area contributed by atoms with Crippen molar-refractivity contribution in [2.75, 3.05) is 5.32 Å². The maximum atomic E-state index is 12.9. The lowest BCUT2D eigenvalue weighted by Gasteiger charge is -2.23. The summed E-state index contributed by atoms with van der Waals surface area (Å²) >= 11 is 0. The Morgan fingerprint density at radius 2 is 1.66 bits per heavy atom. The molecule has 170 valence electrons. The Morgan fingerprint density at radius 1 is 1.00 bits per heavy atom. The number of nitro groups is 2. The number of aliphatic carboxylic acids is 1. The zero-order valence-electron chi connectivity index (χ0n) is 17.6. The quantitative estimate of drug-likeness (QED) is 0.351. The van der Waals surface area contributed by atoms with E-state index in [0.717, 1.165) is 23.8 Å². The molecule has 0 saturated heterocycles. The van der Waals surface area contributed by atoms with Crippen molar-refractivity contribution in [1.82, 2.24) is 5.32 Å². The van der Waals surface area contributed by atoms with Crippen LogP contribution in [0, 0.1) is 26.1 Å². The molecule has 2 rings (SSSR count). The van der Waals surface area contributed by atoms with Crippen molar-refractivity contribution < 1.29 is 24.5 Å². The standard InChI is InChI=1S/C21H24N4O7/c1-13(2)10-17(22-16-9-8-15(24(29)30)12-19(16)25(31)32)20(26)23-18(21(27)28)11-14-6-4-3-5-7-14/h3-9,12-13,17-18,22H,10-11H2,1-2H3,(H,23,26)(H,27,28). The average Bonchev–Trinajstić information content (AvgIpc) is 2.73. The van der Waals surface area contributed by atoms with Crippen LogP contribution in [0.4, 0.5) is 17.1 Å². The number of hydrogen-bond donors (Lipinski definition) is 3. The van der Waals surface area contributed by atoms with E-state index in [0.29, 0.717) is 0 Å². The van der Waals surface area contributed by atoms with Crippen molar-refractivity contribution in [3.63, 3.8) is 0 Å². The second-order valence-corrected chi connectivity index (χ2v) is 7.63. The van der Waals surface area contributed by atoms with E-state index in [-0.39, 0.29) is 24.4 Å². The van der Waals surface area contributed by atoms with Crippen LogP contribution in [0.25, 0.3) is 0 Å². The number of carboxylic acids is 1. The SMILES string of the molecule is CC(C)CC(Nc1ccc([N+](=O)[O-])cc1[N+](=O)[O-])C(=O)NC(Cc1ccccc1)C(=O)O. The molecule has 2 unspecified atom stereocenters. The third-order valence-corrected chi connectivity index (χ3v) is 4.64. The van der Waals surface area contributed by atoms with Crippen molar-refractivity contribution in [2.24, 2.45) is 5.92 Å². The molecule has 0 aliphatic heterocycles. The third-order valence-electron chi connectivity index (χ3n) is 4.64. The molecule has 1 amide bonds. The molecule has 0 fully saturated rings. The smallest absolute Gasteiger partial charge is 0.326 e. The van der Waals surface area contributed by atoms with Crippen LogP contribution in [0.3, 0.4) is 0 Å². The number of carbonyl (C=O) groups is 2. The zero-order chi connectivity index (χ0) is 23.8. The molecule has 2 atom stereocenters. The number of hydrogen-bond acceptors (Lipinski definition) is 7. The number of carbonyl (C=O) groups excluding carboxylic acids is 1. The third kappa shape index (κ3) is 6.76. The van der Waals surface area contributed by atoms with Gasteiger partial charge < -0.3 is 15.7 Å². The van der Waals surface area contributed by atoms with E-state index in [9.17, 15) is 34.9 Å². The van der Waals surface area contributed by atoms with Gasteiger partial charge in [0.15, 0.2) is 0 Å². The molecule has 0 aliphatic carbocycles. The van der Waals surface area contributed by atoms with Crippen LogP contribution in [-0.2, 0) is 16.0 Å². The summed E-state index contributed by atoms with van der Waals surface area (Å²) in [4.78, 5) is 45.4. The maximum Gasteiger partial charge on any atom is 0.326 e. The number of benzene rings is 2. The second-order valence-electron chi connectivity index (χ2n) is 7.63. The van der Waals surface area contributed by atoms with E-state index in [2.05, 4.69) is 10.6 Å². The molecular weight excluding hydrogens is 420 g/mol. The first kappa shape index (κ1) is 24.3. The van der Waals surface area contributed by atoms with Crippen LogP contribution in [0.2, 0.25) is 0 Å². The van der Waals surface area contributed by atoms with Crippen molar-refractivity contribution in [3.8, 4) is 0 Å². The van der Waals surface area contributed by atoms with Crippen molar-refractivity contribution in [3.05, 3.63) is 74.3 Å². The molecular formula is C21H24N4O7. The van der Waals surface area contributed by atoms with Gasteiger partial charge in [0.1, 0.15) is 17.8 Å². The van der Waals surface area contributed by atoms with Gasteiger partial charge in [-0.05, 0) is 24.0 Å². The van der Waals surface area contributed by atoms with Gasteiger partial charge in [0.25, 0.3) is 11.4 Å². The molecule has 0 aromatic heterocycles. The first-order valence-electron chi connectivity index (χ1n) is 9.85. The summed E-state index contributed by atoms with van der Waals surface area (Å²) in [5.74, 6) is -1.87. The molecule has 0 spiro atoms. The van der Waals surface area contributed by atoms with Crippen LogP contribution in [0.15, 0.2) is 48.5 Å². The van der Waals surface area contributed by atoms with Crippen LogP contribution < -0.4 is 10.6 Å². The predicted octanol–water partition coefficient (Wildman–Crippen LogP) is 3.14. The summed E-state index contributed by atoms with van der Waals surface area (Å²) in [5, 5.41) is 37.1. The highest BCUT2D eigenvalue weighted by Gasteiger charge is 2.29. The largest absolute Gasteiger partial charge is 0.480 e. The number of nitrogens with zero attached hydrogens (tertiary/aromatic N) is 2. The van der Waals surface area contributed by atoms with E-state index in [1.807, 2.05) is 13.8 Å². The maximum absolute atomic E-state index is 12.9. The first-order valence-corrected chi connectivity index (χ1v) is 9.85. The van der Waals surface area contributed by atoms with Gasteiger partial charge >= 0.3 is 5.97 Å². The van der Waals surface area contributed by atoms with Crippen LogP contribution in [0.5, 0.6) is 0 Å². The van der Waals surface area contributed by atoms with Crippen molar-refractivity contribution in [2.45, 2.75) is 38.8 Å². The lowest BCUT2D eigenvalue weighted by molar-refractivity contribution is -0.393. The average molecular weight is 444 g/mol. The summed E-state index contributed by atoms with van der Waals surface area (Å²) in [6.07, 6.45) is 0.311. The molecule has 0 saturated carbocycles. The van der Waals surface area contributed by atoms with Gasteiger partial charge in [-0.1, -0.05) is 44.2 Å². The molecule has 11 heteroatoms. The Labute approximate surface area is 183 Å². The molecule has 32 heavy (non-hydrogen) atoms. The Balaban J connectivity index is 2.27. The summed E-state index contributed by atoms with van der Waals surface area (Å²) in [5.41, 5.74) is -0.364. The lowest BCUT2D eigenvalue weighted by atomic mass is 10.0. The van der Waals surface area contributed by atoms with E-state index < -0.39 is 45.2 Å². The predicted molar refractivity (Wildman–Crippen MR) is 116 cm³/mol. The van der Waals surface area contributed by atoms with E-state index in [4.69, 9.17) is 0 Å². The number of non-ortho nitro benzene ring substituents is 1. The fourth-order valence-corrected chi connectivity index (χ4v) is 3.12. The Hall–Kier alpha value is -4.02. The highest BCUT2D eigenvalue weighted by atomic mass is 16.6. The zero-order valence-corrected chi connectivity index (χ0v) is 17.6. The van der Waals surface area contributed by atoms with Gasteiger partial charge in [0, 0.05) is 12.5 Å². The Bertz CT molecular complexity index is 995. The van der Waals surface area contributed by atoms with E-state index in [1.165, 1.54) is 0 Å². The topological polar surface area (TPSA) is 165 Å². The highest BCUT2D eigenvalue weighted by Crippen LogP contribution is 2.30. The van der Waals surface area contributed by atoms with Gasteiger partial charge in [-0.2, -0.15) is 0 Å². The minimum atomic E-state index is -1.22. The molecule has 0 heterocycles. The number of rotatable bonds is 11. The minimum absolute atomic E-state index is 0.00671. The molecule has 2 aromatic rings. The van der Waals surface area contributed by atoms with E-state index >= 15 is 0 Å². The van der Waals surface area contributed by atoms with Crippen LogP contribution >= 0.6 is 0 Å². The Kier molecular flexibility index (Phi) is 8.22. The second kappa shape index (κ2) is 10.8. The number of anilines is 1. The van der Waals surface area contributed by atoms with Gasteiger partial charge in [-0.3, -0.25) is 25.0 Å². The minimum Gasteiger partial charge on any atom is -0.480 e. The fraction of sp³-hybridized carbons (Fsp3) is 0.333. The van der Waals surface area contributed by atoms with E-state index in [1.54, 1.807) is 30.3 Å². The summed E-state index contributed by atoms with van der Waals surface area (Å²) in [7, 11) is 0. The molecule has 0 aliphatic rings. The summed E-state index contributed by atoms with van der Waals surface area (Å²) < 4.78 is 0. The van der Waals surface area contributed by atoms with Gasteiger partial charge in [-0.15, -0.1) is 0 Å². The van der Waals surface area contributed by atoms with Gasteiger partial charge in [0.05, 0.1) is 15.9 Å². The van der Waals surface area contributed by atoms with Crippen molar-refractivity contribution in [1.29, 1.82) is 0 Å². The number of amides is 1. The number of carboxylic acid groups (broad SMARTS) is 1. The normalized spacial score (nSPS) is 12.6. The number of nitrogens with one attached hydrogen (secondary N) is 2. The first-order chi connectivity index (χ1) is 15.1. The van der Waals surface area contributed by atoms with Crippen molar-refractivity contribution >= 4 is 28.9 Å². The van der Waals surface area contributed by atoms with Gasteiger partial charge in [-0.25, -0.2) is 4.79 Å². The monoisotopic (exact) mass is 444 g/mol. The molecule has 11 nitrogen and oxygen atoms in total. The summed E-state index contributed by atoms with van der Waals surface area (Å²) in [6.45, 7) is 3.68. The number of nitro benzene ring substituents is 2. The molecule has 3 N–H and O–H groups in total. The van der Waals surface area contributed by atoms with Crippen LogP contribution in [0.1, 0.15) is 25.8 Å². The molecule has 0 radical (unpaired) electrons.